The number of amides is 1. The van der Waals surface area contributed by atoms with Gasteiger partial charge in [0.1, 0.15) is 6.04 Å². The van der Waals surface area contributed by atoms with Crippen LogP contribution in [0.15, 0.2) is 0 Å². The van der Waals surface area contributed by atoms with Crippen LogP contribution in [-0.4, -0.2) is 73.1 Å². The Bertz CT molecular complexity index is 349. The van der Waals surface area contributed by atoms with Crippen molar-refractivity contribution in [2.45, 2.75) is 50.7 Å². The van der Waals surface area contributed by atoms with Crippen LogP contribution in [0.1, 0.15) is 32.6 Å². The zero-order valence-electron chi connectivity index (χ0n) is 12.6. The maximum absolute atomic E-state index is 12.3. The number of nitrogens with zero attached hydrogens (tertiary/aromatic N) is 2. The zero-order chi connectivity index (χ0) is 13.9. The highest BCUT2D eigenvalue weighted by Gasteiger charge is 2.38. The lowest BCUT2D eigenvalue weighted by Crippen LogP contribution is -2.62. The van der Waals surface area contributed by atoms with Crippen molar-refractivity contribution in [1.82, 2.24) is 20.4 Å². The van der Waals surface area contributed by atoms with Gasteiger partial charge >= 0.3 is 0 Å². The van der Waals surface area contributed by atoms with Gasteiger partial charge in [0.15, 0.2) is 0 Å². The number of piperazine rings is 1. The van der Waals surface area contributed by atoms with Crippen LogP contribution >= 0.6 is 0 Å². The van der Waals surface area contributed by atoms with E-state index in [9.17, 15) is 4.79 Å². The maximum atomic E-state index is 12.3. The van der Waals surface area contributed by atoms with Gasteiger partial charge in [0.2, 0.25) is 5.91 Å². The smallest absolute Gasteiger partial charge is 0.238 e. The average Bonchev–Trinajstić information content (AvgIpc) is 2.95. The first kappa shape index (κ1) is 14.3. The van der Waals surface area contributed by atoms with Crippen LogP contribution in [0.3, 0.4) is 0 Å². The molecular weight excluding hydrogens is 252 g/mol. The van der Waals surface area contributed by atoms with Crippen molar-refractivity contribution in [2.24, 2.45) is 0 Å². The van der Waals surface area contributed by atoms with E-state index in [1.165, 1.54) is 38.8 Å². The fraction of sp³-hybridized carbons (Fsp3) is 0.933. The molecule has 20 heavy (non-hydrogen) atoms. The van der Waals surface area contributed by atoms with Crippen LogP contribution in [0.4, 0.5) is 0 Å². The number of hydrogen-bond acceptors (Lipinski definition) is 4. The molecule has 3 heterocycles. The molecule has 5 heteroatoms. The number of likely N-dealkylation sites (N-methyl/N-ethyl adjacent to an activating group) is 1. The average molecular weight is 280 g/mol. The molecule has 3 rings (SSSR count). The third-order valence-corrected chi connectivity index (χ3v) is 5.20. The normalized spacial score (nSPS) is 35.8. The molecule has 0 radical (unpaired) electrons. The van der Waals surface area contributed by atoms with Gasteiger partial charge in [0, 0.05) is 38.3 Å². The fourth-order valence-electron chi connectivity index (χ4n) is 4.20. The van der Waals surface area contributed by atoms with Crippen molar-refractivity contribution in [3.63, 3.8) is 0 Å². The third kappa shape index (κ3) is 2.85. The summed E-state index contributed by atoms with van der Waals surface area (Å²) in [7, 11) is 0. The van der Waals surface area contributed by atoms with Gasteiger partial charge in [0.05, 0.1) is 0 Å². The Hall–Kier alpha value is -0.650. The van der Waals surface area contributed by atoms with Gasteiger partial charge in [-0.05, 0) is 45.7 Å². The lowest BCUT2D eigenvalue weighted by Gasteiger charge is -2.45. The topological polar surface area (TPSA) is 47.6 Å². The zero-order valence-corrected chi connectivity index (χ0v) is 12.6. The summed E-state index contributed by atoms with van der Waals surface area (Å²) >= 11 is 0. The molecule has 5 nitrogen and oxygen atoms in total. The van der Waals surface area contributed by atoms with Crippen molar-refractivity contribution in [2.75, 3.05) is 39.3 Å². The number of piperidine rings is 1. The quantitative estimate of drug-likeness (QED) is 0.765. The molecule has 0 aromatic rings. The predicted octanol–water partition coefficient (Wildman–Crippen LogP) is 0.0231. The summed E-state index contributed by atoms with van der Waals surface area (Å²) in [4.78, 5) is 17.4. The van der Waals surface area contributed by atoms with E-state index in [4.69, 9.17) is 0 Å². The van der Waals surface area contributed by atoms with Crippen LogP contribution in [0, 0.1) is 0 Å². The van der Waals surface area contributed by atoms with E-state index in [-0.39, 0.29) is 11.9 Å². The number of hydrogen-bond donors (Lipinski definition) is 2. The van der Waals surface area contributed by atoms with Crippen LogP contribution in [0.25, 0.3) is 0 Å². The first-order valence-electron chi connectivity index (χ1n) is 8.28. The molecule has 3 unspecified atom stereocenters. The molecule has 0 aromatic carbocycles. The molecule has 3 atom stereocenters. The summed E-state index contributed by atoms with van der Waals surface area (Å²) in [5, 5.41) is 6.38. The summed E-state index contributed by atoms with van der Waals surface area (Å²) in [6, 6.07) is 1.41. The van der Waals surface area contributed by atoms with Crippen molar-refractivity contribution in [1.29, 1.82) is 0 Å². The lowest BCUT2D eigenvalue weighted by atomic mass is 9.94. The molecule has 0 spiro atoms. The minimum absolute atomic E-state index is 0.0293. The standard InChI is InChI=1S/C15H28N4O/c1-2-17-15(20)14-11-16-6-9-19(14)13-5-8-18-7-3-4-12(18)10-13/h12-14,16H,2-11H2,1H3,(H,17,20). The molecule has 114 valence electrons. The second kappa shape index (κ2) is 6.41. The highest BCUT2D eigenvalue weighted by atomic mass is 16.2. The van der Waals surface area contributed by atoms with Crippen molar-refractivity contribution in [3.8, 4) is 0 Å². The van der Waals surface area contributed by atoms with E-state index in [0.29, 0.717) is 6.04 Å². The van der Waals surface area contributed by atoms with Gasteiger partial charge in [0.25, 0.3) is 0 Å². The van der Waals surface area contributed by atoms with E-state index in [2.05, 4.69) is 20.4 Å². The molecule has 3 aliphatic rings. The summed E-state index contributed by atoms with van der Waals surface area (Å²) in [6.07, 6.45) is 5.20. The Morgan fingerprint density at radius 2 is 2.15 bits per heavy atom. The Kier molecular flexibility index (Phi) is 4.58. The number of fused-ring (bicyclic) bond motifs is 1. The van der Waals surface area contributed by atoms with E-state index >= 15 is 0 Å². The molecule has 1 amide bonds. The molecule has 0 aromatic heterocycles. The van der Waals surface area contributed by atoms with Gasteiger partial charge in [-0.1, -0.05) is 0 Å². The maximum Gasteiger partial charge on any atom is 0.238 e. The second-order valence-electron chi connectivity index (χ2n) is 6.36. The molecule has 0 aliphatic carbocycles. The van der Waals surface area contributed by atoms with Crippen LogP contribution in [0.2, 0.25) is 0 Å². The highest BCUT2D eigenvalue weighted by molar-refractivity contribution is 5.82. The summed E-state index contributed by atoms with van der Waals surface area (Å²) in [6.45, 7) is 8.07. The highest BCUT2D eigenvalue weighted by Crippen LogP contribution is 2.30. The van der Waals surface area contributed by atoms with E-state index in [0.717, 1.165) is 32.2 Å². The molecule has 3 fully saturated rings. The van der Waals surface area contributed by atoms with Gasteiger partial charge in [-0.3, -0.25) is 9.69 Å². The Labute approximate surface area is 122 Å². The summed E-state index contributed by atoms with van der Waals surface area (Å²) < 4.78 is 0. The Morgan fingerprint density at radius 3 is 3.00 bits per heavy atom. The first-order valence-corrected chi connectivity index (χ1v) is 8.28. The molecule has 0 saturated carbocycles. The lowest BCUT2D eigenvalue weighted by molar-refractivity contribution is -0.128. The minimum atomic E-state index is 0.0293. The van der Waals surface area contributed by atoms with Crippen molar-refractivity contribution >= 4 is 5.91 Å². The fourth-order valence-corrected chi connectivity index (χ4v) is 4.20. The Balaban J connectivity index is 1.65. The summed E-state index contributed by atoms with van der Waals surface area (Å²) in [5.74, 6) is 0.202. The Morgan fingerprint density at radius 1 is 1.25 bits per heavy atom. The molecule has 2 N–H and O–H groups in total. The van der Waals surface area contributed by atoms with E-state index in [1.54, 1.807) is 0 Å². The van der Waals surface area contributed by atoms with Gasteiger partial charge < -0.3 is 15.5 Å². The molecule has 3 saturated heterocycles. The number of rotatable bonds is 3. The third-order valence-electron chi connectivity index (χ3n) is 5.20. The number of carbonyl (C=O) groups excluding carboxylic acids is 1. The molecular formula is C15H28N4O. The van der Waals surface area contributed by atoms with E-state index < -0.39 is 0 Å². The predicted molar refractivity (Wildman–Crippen MR) is 79.7 cm³/mol. The van der Waals surface area contributed by atoms with Gasteiger partial charge in [-0.15, -0.1) is 0 Å². The largest absolute Gasteiger partial charge is 0.355 e. The monoisotopic (exact) mass is 280 g/mol. The van der Waals surface area contributed by atoms with Gasteiger partial charge in [-0.25, -0.2) is 0 Å². The van der Waals surface area contributed by atoms with Crippen LogP contribution < -0.4 is 10.6 Å². The number of nitrogens with one attached hydrogen (secondary N) is 2. The van der Waals surface area contributed by atoms with E-state index in [1.807, 2.05) is 6.92 Å². The second-order valence-corrected chi connectivity index (χ2v) is 6.36. The molecule has 3 aliphatic heterocycles. The summed E-state index contributed by atoms with van der Waals surface area (Å²) in [5.41, 5.74) is 0. The van der Waals surface area contributed by atoms with Gasteiger partial charge in [-0.2, -0.15) is 0 Å². The minimum Gasteiger partial charge on any atom is -0.355 e. The number of carbonyl (C=O) groups is 1. The first-order chi connectivity index (χ1) is 9.79. The SMILES string of the molecule is CCNC(=O)C1CNCCN1C1CCN2CCCC2C1. The van der Waals surface area contributed by atoms with Crippen LogP contribution in [-0.2, 0) is 4.79 Å². The van der Waals surface area contributed by atoms with Crippen molar-refractivity contribution < 1.29 is 4.79 Å². The van der Waals surface area contributed by atoms with Crippen LogP contribution in [0.5, 0.6) is 0 Å². The van der Waals surface area contributed by atoms with Crippen molar-refractivity contribution in [3.05, 3.63) is 0 Å². The molecule has 0 bridgehead atoms.